The quantitative estimate of drug-likeness (QED) is 0.405. The Balaban J connectivity index is 2.17. The Kier molecular flexibility index (Phi) is 5.61. The molecule has 0 saturated heterocycles. The van der Waals surface area contributed by atoms with E-state index in [9.17, 15) is 9.59 Å². The fraction of sp³-hybridized carbons (Fsp3) is 0.571. The van der Waals surface area contributed by atoms with E-state index in [1.807, 2.05) is 0 Å². The molecule has 0 aromatic carbocycles. The minimum Gasteiger partial charge on any atom is -0.465 e. The molecule has 1 heterocycles. The van der Waals surface area contributed by atoms with Gasteiger partial charge in [0.05, 0.1) is 13.2 Å². The average molecular weight is 284 g/mol. The smallest absolute Gasteiger partial charge is 0.341 e. The van der Waals surface area contributed by atoms with Gasteiger partial charge in [0, 0.05) is 19.4 Å². The number of hydrogen-bond acceptors (Lipinski definition) is 6. The lowest BCUT2D eigenvalue weighted by Gasteiger charge is -2.29. The van der Waals surface area contributed by atoms with Crippen molar-refractivity contribution in [1.29, 1.82) is 0 Å². The Hall–Kier alpha value is -1.98. The Morgan fingerprint density at radius 1 is 1.30 bits per heavy atom. The fourth-order valence-electron chi connectivity index (χ4n) is 1.40. The SMILES string of the molecule is C=C(C)C(=O)OCCCCOC1=CC(=O)OC(C)(C)O1. The highest BCUT2D eigenvalue weighted by Crippen LogP contribution is 2.22. The Morgan fingerprint density at radius 2 is 1.95 bits per heavy atom. The van der Waals surface area contributed by atoms with Gasteiger partial charge in [-0.3, -0.25) is 0 Å². The van der Waals surface area contributed by atoms with Crippen LogP contribution < -0.4 is 0 Å². The zero-order valence-electron chi connectivity index (χ0n) is 12.1. The second-order valence-corrected chi connectivity index (χ2v) is 4.86. The Labute approximate surface area is 118 Å². The van der Waals surface area contributed by atoms with E-state index in [2.05, 4.69) is 6.58 Å². The van der Waals surface area contributed by atoms with Crippen LogP contribution in [0, 0.1) is 0 Å². The lowest BCUT2D eigenvalue weighted by Crippen LogP contribution is -2.34. The molecule has 0 atom stereocenters. The summed E-state index contributed by atoms with van der Waals surface area (Å²) in [6.07, 6.45) is 2.48. The third-order valence-corrected chi connectivity index (χ3v) is 2.29. The van der Waals surface area contributed by atoms with E-state index in [1.165, 1.54) is 0 Å². The van der Waals surface area contributed by atoms with Gasteiger partial charge in [0.1, 0.15) is 6.08 Å². The van der Waals surface area contributed by atoms with Crippen LogP contribution >= 0.6 is 0 Å². The molecule has 1 rings (SSSR count). The summed E-state index contributed by atoms with van der Waals surface area (Å²) < 4.78 is 20.5. The topological polar surface area (TPSA) is 71.1 Å². The number of esters is 2. The molecule has 1 aliphatic rings. The molecule has 20 heavy (non-hydrogen) atoms. The maximum atomic E-state index is 11.2. The molecular weight excluding hydrogens is 264 g/mol. The van der Waals surface area contributed by atoms with E-state index in [4.69, 9.17) is 18.9 Å². The summed E-state index contributed by atoms with van der Waals surface area (Å²) in [4.78, 5) is 22.3. The molecule has 6 heteroatoms. The summed E-state index contributed by atoms with van der Waals surface area (Å²) in [7, 11) is 0. The zero-order valence-corrected chi connectivity index (χ0v) is 12.1. The number of rotatable bonds is 7. The van der Waals surface area contributed by atoms with Crippen molar-refractivity contribution in [2.45, 2.75) is 39.4 Å². The molecule has 0 bridgehead atoms. The first kappa shape index (κ1) is 16.1. The van der Waals surface area contributed by atoms with E-state index < -0.39 is 17.7 Å². The van der Waals surface area contributed by atoms with E-state index >= 15 is 0 Å². The highest BCUT2D eigenvalue weighted by Gasteiger charge is 2.31. The molecule has 0 unspecified atom stereocenters. The van der Waals surface area contributed by atoms with Crippen LogP contribution in [-0.4, -0.2) is 30.9 Å². The van der Waals surface area contributed by atoms with Crippen molar-refractivity contribution in [3.63, 3.8) is 0 Å². The third kappa shape index (κ3) is 5.77. The van der Waals surface area contributed by atoms with Crippen molar-refractivity contribution >= 4 is 11.9 Å². The van der Waals surface area contributed by atoms with Gasteiger partial charge in [-0.15, -0.1) is 0 Å². The molecule has 0 radical (unpaired) electrons. The molecule has 0 N–H and O–H groups in total. The van der Waals surface area contributed by atoms with Crippen LogP contribution in [0.5, 0.6) is 0 Å². The summed E-state index contributed by atoms with van der Waals surface area (Å²) >= 11 is 0. The second-order valence-electron chi connectivity index (χ2n) is 4.86. The highest BCUT2D eigenvalue weighted by molar-refractivity contribution is 5.86. The van der Waals surface area contributed by atoms with Crippen molar-refractivity contribution in [1.82, 2.24) is 0 Å². The van der Waals surface area contributed by atoms with Gasteiger partial charge in [-0.25, -0.2) is 9.59 Å². The average Bonchev–Trinajstić information content (AvgIpc) is 2.30. The van der Waals surface area contributed by atoms with Crippen molar-refractivity contribution in [3.05, 3.63) is 24.2 Å². The highest BCUT2D eigenvalue weighted by atomic mass is 16.8. The van der Waals surface area contributed by atoms with Crippen molar-refractivity contribution < 1.29 is 28.5 Å². The van der Waals surface area contributed by atoms with Crippen molar-refractivity contribution in [3.8, 4) is 0 Å². The van der Waals surface area contributed by atoms with Gasteiger partial charge in [-0.1, -0.05) is 6.58 Å². The molecule has 6 nitrogen and oxygen atoms in total. The second kappa shape index (κ2) is 6.98. The van der Waals surface area contributed by atoms with Crippen LogP contribution in [0.4, 0.5) is 0 Å². The number of carbonyl (C=O) groups is 2. The van der Waals surface area contributed by atoms with E-state index in [1.54, 1.807) is 20.8 Å². The molecular formula is C14H20O6. The van der Waals surface area contributed by atoms with Gasteiger partial charge >= 0.3 is 11.9 Å². The lowest BCUT2D eigenvalue weighted by atomic mass is 10.3. The maximum absolute atomic E-state index is 11.2. The summed E-state index contributed by atoms with van der Waals surface area (Å²) in [5.41, 5.74) is 0.378. The van der Waals surface area contributed by atoms with Crippen LogP contribution in [0.25, 0.3) is 0 Å². The van der Waals surface area contributed by atoms with Gasteiger partial charge in [-0.2, -0.15) is 0 Å². The first-order valence-corrected chi connectivity index (χ1v) is 6.39. The molecule has 112 valence electrons. The Bertz CT molecular complexity index is 421. The summed E-state index contributed by atoms with van der Waals surface area (Å²) in [6.45, 7) is 9.00. The van der Waals surface area contributed by atoms with Gasteiger partial charge in [-0.05, 0) is 19.8 Å². The van der Waals surface area contributed by atoms with Crippen LogP contribution in [0.2, 0.25) is 0 Å². The Morgan fingerprint density at radius 3 is 2.55 bits per heavy atom. The first-order chi connectivity index (χ1) is 9.30. The van der Waals surface area contributed by atoms with Crippen LogP contribution in [0.15, 0.2) is 24.2 Å². The molecule has 0 aromatic rings. The minimum atomic E-state index is -1.02. The lowest BCUT2D eigenvalue weighted by molar-refractivity contribution is -0.223. The standard InChI is InChI=1S/C14H20O6/c1-10(2)13(16)18-8-6-5-7-17-12-9-11(15)19-14(3,4)20-12/h9H,1,5-8H2,2-4H3. The number of ether oxygens (including phenoxy) is 4. The van der Waals surface area contributed by atoms with E-state index in [0.29, 0.717) is 31.6 Å². The van der Waals surface area contributed by atoms with Crippen LogP contribution in [0.3, 0.4) is 0 Å². The summed E-state index contributed by atoms with van der Waals surface area (Å²) in [5, 5.41) is 0. The molecule has 0 amide bonds. The van der Waals surface area contributed by atoms with E-state index in [0.717, 1.165) is 6.08 Å². The number of unbranched alkanes of at least 4 members (excludes halogenated alkanes) is 1. The molecule has 0 aliphatic carbocycles. The molecule has 1 aliphatic heterocycles. The first-order valence-electron chi connectivity index (χ1n) is 6.39. The van der Waals surface area contributed by atoms with E-state index in [-0.39, 0.29) is 5.95 Å². The summed E-state index contributed by atoms with van der Waals surface area (Å²) in [5.74, 6) is -1.76. The van der Waals surface area contributed by atoms with Gasteiger partial charge in [0.15, 0.2) is 0 Å². The third-order valence-electron chi connectivity index (χ3n) is 2.29. The molecule has 0 aromatic heterocycles. The minimum absolute atomic E-state index is 0.144. The van der Waals surface area contributed by atoms with Crippen molar-refractivity contribution in [2.75, 3.05) is 13.2 Å². The molecule has 0 saturated carbocycles. The fourth-order valence-corrected chi connectivity index (χ4v) is 1.40. The maximum Gasteiger partial charge on any atom is 0.341 e. The van der Waals surface area contributed by atoms with Gasteiger partial charge < -0.3 is 18.9 Å². The largest absolute Gasteiger partial charge is 0.465 e. The van der Waals surface area contributed by atoms with Crippen molar-refractivity contribution in [2.24, 2.45) is 0 Å². The number of cyclic esters (lactones) is 1. The number of hydrogen-bond donors (Lipinski definition) is 0. The van der Waals surface area contributed by atoms with Crippen LogP contribution in [-0.2, 0) is 28.5 Å². The molecule has 0 fully saturated rings. The molecule has 0 spiro atoms. The predicted molar refractivity (Wildman–Crippen MR) is 70.3 cm³/mol. The normalized spacial score (nSPS) is 16.6. The predicted octanol–water partition coefficient (Wildman–Crippen LogP) is 2.05. The van der Waals surface area contributed by atoms with Gasteiger partial charge in [0.2, 0.25) is 0 Å². The monoisotopic (exact) mass is 284 g/mol. The zero-order chi connectivity index (χ0) is 15.2. The van der Waals surface area contributed by atoms with Crippen LogP contribution in [0.1, 0.15) is 33.6 Å². The summed E-state index contributed by atoms with van der Waals surface area (Å²) in [6, 6.07) is 0. The van der Waals surface area contributed by atoms with Gasteiger partial charge in [0.25, 0.3) is 11.7 Å². The number of carbonyl (C=O) groups excluding carboxylic acids is 2.